The molecule has 0 spiro atoms. The maximum absolute atomic E-state index is 13.5. The summed E-state index contributed by atoms with van der Waals surface area (Å²) in [7, 11) is -3.68. The quantitative estimate of drug-likeness (QED) is 0.496. The molecule has 7 heteroatoms. The van der Waals surface area contributed by atoms with Gasteiger partial charge >= 0.3 is 0 Å². The van der Waals surface area contributed by atoms with Crippen molar-refractivity contribution in [2.45, 2.75) is 44.7 Å². The zero-order valence-electron chi connectivity index (χ0n) is 20.1. The number of hydrogen-bond acceptors (Lipinski definition) is 4. The first kappa shape index (κ1) is 23.6. The van der Waals surface area contributed by atoms with Crippen LogP contribution < -0.4 is 9.64 Å². The Morgan fingerprint density at radius 1 is 1.03 bits per heavy atom. The number of amides is 1. The molecule has 3 aromatic rings. The van der Waals surface area contributed by atoms with Gasteiger partial charge in [-0.1, -0.05) is 42.0 Å². The number of rotatable bonds is 6. The Hall–Kier alpha value is -3.16. The minimum absolute atomic E-state index is 0.0951. The minimum atomic E-state index is -3.68. The lowest BCUT2D eigenvalue weighted by Crippen LogP contribution is -2.33. The van der Waals surface area contributed by atoms with E-state index >= 15 is 0 Å². The first-order valence-corrected chi connectivity index (χ1v) is 13.5. The zero-order chi connectivity index (χ0) is 24.6. The molecule has 1 amide bonds. The molecule has 2 aliphatic rings. The Bertz CT molecular complexity index is 1350. The maximum Gasteiger partial charge on any atom is 0.243 e. The second-order valence-corrected chi connectivity index (χ2v) is 11.3. The Balaban J connectivity index is 1.43. The number of aryl methyl sites for hydroxylation is 2. The topological polar surface area (TPSA) is 66.9 Å². The highest BCUT2D eigenvalue weighted by molar-refractivity contribution is 7.89. The Morgan fingerprint density at radius 2 is 1.80 bits per heavy atom. The van der Waals surface area contributed by atoms with Crippen LogP contribution in [0.3, 0.4) is 0 Å². The van der Waals surface area contributed by atoms with Crippen molar-refractivity contribution < 1.29 is 17.9 Å². The van der Waals surface area contributed by atoms with Crippen molar-refractivity contribution in [3.8, 4) is 5.75 Å². The minimum Gasteiger partial charge on any atom is -0.492 e. The summed E-state index contributed by atoms with van der Waals surface area (Å²) in [5.74, 6) is 0.922. The summed E-state index contributed by atoms with van der Waals surface area (Å²) in [6, 6.07) is 20.9. The molecule has 0 bridgehead atoms. The molecule has 0 aromatic heterocycles. The summed E-state index contributed by atoms with van der Waals surface area (Å²) >= 11 is 0. The van der Waals surface area contributed by atoms with Gasteiger partial charge in [0, 0.05) is 30.3 Å². The number of nitrogens with zero attached hydrogens (tertiary/aromatic N) is 2. The lowest BCUT2D eigenvalue weighted by molar-refractivity contribution is -0.119. The van der Waals surface area contributed by atoms with Gasteiger partial charge in [-0.15, -0.1) is 0 Å². The van der Waals surface area contributed by atoms with E-state index in [-0.39, 0.29) is 31.5 Å². The first-order chi connectivity index (χ1) is 16.8. The van der Waals surface area contributed by atoms with E-state index in [2.05, 4.69) is 0 Å². The molecule has 0 unspecified atom stereocenters. The van der Waals surface area contributed by atoms with Crippen LogP contribution in [0.2, 0.25) is 0 Å². The molecule has 3 aromatic carbocycles. The second kappa shape index (κ2) is 9.47. The van der Waals surface area contributed by atoms with E-state index < -0.39 is 10.0 Å². The van der Waals surface area contributed by atoms with Gasteiger partial charge in [0.1, 0.15) is 12.4 Å². The molecule has 6 nitrogen and oxygen atoms in total. The van der Waals surface area contributed by atoms with Crippen molar-refractivity contribution in [2.24, 2.45) is 5.92 Å². The van der Waals surface area contributed by atoms with Crippen LogP contribution in [0.4, 0.5) is 5.69 Å². The van der Waals surface area contributed by atoms with Gasteiger partial charge in [-0.05, 0) is 68.1 Å². The van der Waals surface area contributed by atoms with E-state index in [4.69, 9.17) is 4.74 Å². The normalized spacial score (nSPS) is 16.2. The Morgan fingerprint density at radius 3 is 2.51 bits per heavy atom. The van der Waals surface area contributed by atoms with E-state index in [0.29, 0.717) is 17.2 Å². The largest absolute Gasteiger partial charge is 0.492 e. The van der Waals surface area contributed by atoms with Crippen molar-refractivity contribution in [2.75, 3.05) is 18.1 Å². The summed E-state index contributed by atoms with van der Waals surface area (Å²) in [5, 5.41) is 0. The number of carbonyl (C=O) groups excluding carboxylic acids is 1. The maximum atomic E-state index is 13.5. The highest BCUT2D eigenvalue weighted by atomic mass is 32.2. The molecule has 1 heterocycles. The van der Waals surface area contributed by atoms with Gasteiger partial charge in [0.15, 0.2) is 0 Å². The number of ether oxygens (including phenoxy) is 1. The number of fused-ring (bicyclic) bond motifs is 1. The predicted molar refractivity (Wildman–Crippen MR) is 136 cm³/mol. The summed E-state index contributed by atoms with van der Waals surface area (Å²) in [4.78, 5) is 15.2. The van der Waals surface area contributed by atoms with Crippen LogP contribution in [0.5, 0.6) is 5.75 Å². The fraction of sp³-hybridized carbons (Fsp3) is 0.321. The summed E-state index contributed by atoms with van der Waals surface area (Å²) in [6.07, 6.45) is 1.87. The molecule has 1 aliphatic carbocycles. The molecule has 0 atom stereocenters. The van der Waals surface area contributed by atoms with Gasteiger partial charge in [-0.2, -0.15) is 4.31 Å². The van der Waals surface area contributed by atoms with E-state index in [9.17, 15) is 13.2 Å². The molecular formula is C28H30N2O4S. The van der Waals surface area contributed by atoms with Crippen molar-refractivity contribution >= 4 is 21.6 Å². The van der Waals surface area contributed by atoms with E-state index in [1.54, 1.807) is 6.07 Å². The van der Waals surface area contributed by atoms with E-state index in [1.165, 1.54) is 4.31 Å². The van der Waals surface area contributed by atoms with Crippen LogP contribution in [-0.2, 0) is 27.9 Å². The van der Waals surface area contributed by atoms with E-state index in [1.807, 2.05) is 79.4 Å². The van der Waals surface area contributed by atoms with Crippen LogP contribution >= 0.6 is 0 Å². The van der Waals surface area contributed by atoms with Crippen molar-refractivity contribution in [1.82, 2.24) is 4.31 Å². The number of hydrogen-bond donors (Lipinski definition) is 0. The van der Waals surface area contributed by atoms with Crippen molar-refractivity contribution in [1.29, 1.82) is 0 Å². The smallest absolute Gasteiger partial charge is 0.243 e. The summed E-state index contributed by atoms with van der Waals surface area (Å²) < 4.78 is 34.4. The predicted octanol–water partition coefficient (Wildman–Crippen LogP) is 4.83. The number of carbonyl (C=O) groups is 1. The second-order valence-electron chi connectivity index (χ2n) is 9.43. The van der Waals surface area contributed by atoms with Gasteiger partial charge in [-0.25, -0.2) is 8.42 Å². The number of sulfonamides is 1. The van der Waals surface area contributed by atoms with Crippen LogP contribution in [0, 0.1) is 19.8 Å². The number of anilines is 1. The molecular weight excluding hydrogens is 460 g/mol. The van der Waals surface area contributed by atoms with Crippen molar-refractivity contribution in [3.63, 3.8) is 0 Å². The Kier molecular flexibility index (Phi) is 6.38. The third kappa shape index (κ3) is 4.97. The van der Waals surface area contributed by atoms with Gasteiger partial charge in [0.25, 0.3) is 0 Å². The summed E-state index contributed by atoms with van der Waals surface area (Å²) in [6.45, 7) is 4.99. The molecule has 35 heavy (non-hydrogen) atoms. The van der Waals surface area contributed by atoms with Gasteiger partial charge < -0.3 is 9.64 Å². The number of para-hydroxylation sites is 1. The molecule has 1 fully saturated rings. The van der Waals surface area contributed by atoms with Gasteiger partial charge in [0.2, 0.25) is 15.9 Å². The molecule has 0 N–H and O–H groups in total. The highest BCUT2D eigenvalue weighted by Crippen LogP contribution is 2.34. The van der Waals surface area contributed by atoms with Crippen LogP contribution in [-0.4, -0.2) is 31.8 Å². The average Bonchev–Trinajstić information content (AvgIpc) is 3.69. The standard InChI is InChI=1S/C28H30N2O4S/c1-20-8-13-27(21(2)16-20)35(32,33)29-14-15-34-26-12-9-22(17-24(26)19-29)18-30(28(31)23-10-11-23)25-6-4-3-5-7-25/h3-9,12-13,16-17,23H,10-11,14-15,18-19H2,1-2H3. The fourth-order valence-corrected chi connectivity index (χ4v) is 6.20. The third-order valence-electron chi connectivity index (χ3n) is 6.62. The molecule has 0 radical (unpaired) electrons. The van der Waals surface area contributed by atoms with Crippen LogP contribution in [0.25, 0.3) is 0 Å². The molecule has 5 rings (SSSR count). The average molecular weight is 491 g/mol. The molecule has 1 aliphatic heterocycles. The first-order valence-electron chi connectivity index (χ1n) is 12.0. The molecule has 0 saturated heterocycles. The van der Waals surface area contributed by atoms with Crippen molar-refractivity contribution in [3.05, 3.63) is 89.0 Å². The van der Waals surface area contributed by atoms with Gasteiger partial charge in [0.05, 0.1) is 11.4 Å². The highest BCUT2D eigenvalue weighted by Gasteiger charge is 2.34. The van der Waals surface area contributed by atoms with Crippen LogP contribution in [0.15, 0.2) is 71.6 Å². The number of benzene rings is 3. The zero-order valence-corrected chi connectivity index (χ0v) is 20.9. The lowest BCUT2D eigenvalue weighted by atomic mass is 10.1. The monoisotopic (exact) mass is 490 g/mol. The SMILES string of the molecule is Cc1ccc(S(=O)(=O)N2CCOc3ccc(CN(C(=O)C4CC4)c4ccccc4)cc3C2)c(C)c1. The molecule has 1 saturated carbocycles. The fourth-order valence-electron chi connectivity index (χ4n) is 4.59. The van der Waals surface area contributed by atoms with Gasteiger partial charge in [-0.3, -0.25) is 4.79 Å². The Labute approximate surface area is 207 Å². The lowest BCUT2D eigenvalue weighted by Gasteiger charge is -2.24. The summed E-state index contributed by atoms with van der Waals surface area (Å²) in [5.41, 5.74) is 4.38. The third-order valence-corrected chi connectivity index (χ3v) is 8.62. The van der Waals surface area contributed by atoms with E-state index in [0.717, 1.165) is 40.8 Å². The molecule has 182 valence electrons. The van der Waals surface area contributed by atoms with Crippen LogP contribution in [0.1, 0.15) is 35.1 Å².